The van der Waals surface area contributed by atoms with E-state index in [1.54, 1.807) is 0 Å². The molecule has 0 fully saturated rings. The van der Waals surface area contributed by atoms with Crippen molar-refractivity contribution in [3.8, 4) is 0 Å². The first-order chi connectivity index (χ1) is 22.8. The molecule has 264 valence electrons. The lowest BCUT2D eigenvalue weighted by Crippen LogP contribution is -2.21. The summed E-state index contributed by atoms with van der Waals surface area (Å²) in [4.78, 5) is 4.49. The Balaban J connectivity index is 1.64. The van der Waals surface area contributed by atoms with Crippen LogP contribution in [0.2, 0.25) is 0 Å². The van der Waals surface area contributed by atoms with E-state index in [0.29, 0.717) is 12.0 Å². The second-order valence-corrected chi connectivity index (χ2v) is 14.8. The van der Waals surface area contributed by atoms with Crippen molar-refractivity contribution < 1.29 is 0 Å². The van der Waals surface area contributed by atoms with Gasteiger partial charge in [-0.3, -0.25) is 0 Å². The summed E-state index contributed by atoms with van der Waals surface area (Å²) in [5, 5.41) is 0. The molecule has 46 heavy (non-hydrogen) atoms. The van der Waals surface area contributed by atoms with Crippen LogP contribution in [0.15, 0.2) is 49.1 Å². The van der Waals surface area contributed by atoms with Gasteiger partial charge < -0.3 is 4.57 Å². The Bertz CT molecular complexity index is 844. The van der Waals surface area contributed by atoms with Gasteiger partial charge >= 0.3 is 0 Å². The SMILES string of the molecule is CCCCCCCCCCCCCCCCCCC(C(CCCCCCCCCCCCCC)Cc1ccccc1)n1ccnc1. The highest BCUT2D eigenvalue weighted by atomic mass is 15.1. The van der Waals surface area contributed by atoms with Gasteiger partial charge in [0, 0.05) is 18.4 Å². The number of aromatic nitrogens is 2. The molecule has 2 heteroatoms. The van der Waals surface area contributed by atoms with E-state index in [1.807, 2.05) is 6.20 Å². The third-order valence-electron chi connectivity index (χ3n) is 10.6. The molecule has 0 saturated heterocycles. The largest absolute Gasteiger partial charge is 0.334 e. The molecular formula is C44H78N2. The minimum Gasteiger partial charge on any atom is -0.334 e. The summed E-state index contributed by atoms with van der Waals surface area (Å²) in [5.41, 5.74) is 1.50. The zero-order chi connectivity index (χ0) is 32.6. The Kier molecular flexibility index (Phi) is 27.1. The van der Waals surface area contributed by atoms with Crippen LogP contribution in [0.25, 0.3) is 0 Å². The van der Waals surface area contributed by atoms with Gasteiger partial charge in [-0.15, -0.1) is 0 Å². The van der Waals surface area contributed by atoms with Crippen LogP contribution in [0.5, 0.6) is 0 Å². The molecule has 2 atom stereocenters. The highest BCUT2D eigenvalue weighted by Crippen LogP contribution is 2.32. The Labute approximate surface area is 288 Å². The molecular weight excluding hydrogens is 556 g/mol. The van der Waals surface area contributed by atoms with Gasteiger partial charge in [-0.25, -0.2) is 4.98 Å². The molecule has 0 radical (unpaired) electrons. The van der Waals surface area contributed by atoms with Crippen molar-refractivity contribution in [1.82, 2.24) is 9.55 Å². The first kappa shape index (κ1) is 40.6. The fourth-order valence-electron chi connectivity index (χ4n) is 7.59. The van der Waals surface area contributed by atoms with Crippen molar-refractivity contribution >= 4 is 0 Å². The maximum atomic E-state index is 4.49. The summed E-state index contributed by atoms with van der Waals surface area (Å²) >= 11 is 0. The molecule has 0 spiro atoms. The van der Waals surface area contributed by atoms with Gasteiger partial charge in [0.25, 0.3) is 0 Å². The van der Waals surface area contributed by atoms with Crippen molar-refractivity contribution in [2.75, 3.05) is 0 Å². The average molecular weight is 635 g/mol. The van der Waals surface area contributed by atoms with Crippen LogP contribution in [0.4, 0.5) is 0 Å². The lowest BCUT2D eigenvalue weighted by atomic mass is 9.84. The zero-order valence-corrected chi connectivity index (χ0v) is 31.1. The van der Waals surface area contributed by atoms with E-state index in [0.717, 1.165) is 0 Å². The molecule has 0 saturated carbocycles. The van der Waals surface area contributed by atoms with E-state index in [4.69, 9.17) is 0 Å². The van der Waals surface area contributed by atoms with Gasteiger partial charge in [-0.05, 0) is 30.7 Å². The van der Waals surface area contributed by atoms with Crippen LogP contribution in [-0.4, -0.2) is 9.55 Å². The highest BCUT2D eigenvalue weighted by molar-refractivity contribution is 5.15. The second-order valence-electron chi connectivity index (χ2n) is 14.8. The number of rotatable bonds is 34. The van der Waals surface area contributed by atoms with Crippen LogP contribution in [0.1, 0.15) is 218 Å². The Morgan fingerprint density at radius 3 is 1.26 bits per heavy atom. The van der Waals surface area contributed by atoms with Gasteiger partial charge in [0.2, 0.25) is 0 Å². The van der Waals surface area contributed by atoms with E-state index in [-0.39, 0.29) is 0 Å². The fourth-order valence-corrected chi connectivity index (χ4v) is 7.59. The summed E-state index contributed by atoms with van der Waals surface area (Å²) in [6, 6.07) is 11.9. The quantitative estimate of drug-likeness (QED) is 0.0700. The van der Waals surface area contributed by atoms with Gasteiger partial charge in [-0.1, -0.05) is 224 Å². The van der Waals surface area contributed by atoms with Crippen LogP contribution in [0, 0.1) is 5.92 Å². The van der Waals surface area contributed by atoms with E-state index < -0.39 is 0 Å². The molecule has 2 aromatic rings. The molecule has 0 aliphatic rings. The number of nitrogens with zero attached hydrogens (tertiary/aromatic N) is 2. The topological polar surface area (TPSA) is 17.8 Å². The molecule has 0 aliphatic carbocycles. The lowest BCUT2D eigenvalue weighted by molar-refractivity contribution is 0.275. The van der Waals surface area contributed by atoms with Crippen LogP contribution in [0.3, 0.4) is 0 Å². The van der Waals surface area contributed by atoms with Crippen molar-refractivity contribution in [3.63, 3.8) is 0 Å². The third-order valence-corrected chi connectivity index (χ3v) is 10.6. The smallest absolute Gasteiger partial charge is 0.0948 e. The predicted octanol–water partition coefficient (Wildman–Crippen LogP) is 15.0. The van der Waals surface area contributed by atoms with Crippen LogP contribution in [-0.2, 0) is 6.42 Å². The molecule has 1 aromatic carbocycles. The number of hydrogen-bond acceptors (Lipinski definition) is 1. The number of unbranched alkanes of at least 4 members (excludes halogenated alkanes) is 26. The van der Waals surface area contributed by atoms with Gasteiger partial charge in [0.15, 0.2) is 0 Å². The fraction of sp³-hybridized carbons (Fsp3) is 0.795. The molecule has 2 unspecified atom stereocenters. The van der Waals surface area contributed by atoms with Crippen LogP contribution >= 0.6 is 0 Å². The lowest BCUT2D eigenvalue weighted by Gasteiger charge is -2.29. The average Bonchev–Trinajstić information content (AvgIpc) is 3.62. The van der Waals surface area contributed by atoms with E-state index in [2.05, 4.69) is 66.3 Å². The van der Waals surface area contributed by atoms with Crippen molar-refractivity contribution in [1.29, 1.82) is 0 Å². The summed E-state index contributed by atoms with van der Waals surface area (Å²) in [5.74, 6) is 0.691. The Hall–Kier alpha value is -1.57. The molecule has 1 heterocycles. The molecule has 0 aliphatic heterocycles. The Morgan fingerprint density at radius 2 is 0.870 bits per heavy atom. The first-order valence-electron chi connectivity index (χ1n) is 20.9. The highest BCUT2D eigenvalue weighted by Gasteiger charge is 2.23. The monoisotopic (exact) mass is 635 g/mol. The third kappa shape index (κ3) is 22.1. The Morgan fingerprint density at radius 1 is 0.478 bits per heavy atom. The zero-order valence-electron chi connectivity index (χ0n) is 31.1. The van der Waals surface area contributed by atoms with Gasteiger partial charge in [0.05, 0.1) is 6.33 Å². The van der Waals surface area contributed by atoms with Gasteiger partial charge in [-0.2, -0.15) is 0 Å². The molecule has 2 rings (SSSR count). The van der Waals surface area contributed by atoms with E-state index in [1.165, 1.54) is 205 Å². The maximum Gasteiger partial charge on any atom is 0.0948 e. The summed E-state index contributed by atoms with van der Waals surface area (Å²) < 4.78 is 2.46. The van der Waals surface area contributed by atoms with Crippen molar-refractivity contribution in [2.24, 2.45) is 5.92 Å². The minimum atomic E-state index is 0.571. The van der Waals surface area contributed by atoms with E-state index >= 15 is 0 Å². The summed E-state index contributed by atoms with van der Waals surface area (Å²) in [7, 11) is 0. The second kappa shape index (κ2) is 30.7. The first-order valence-corrected chi connectivity index (χ1v) is 20.9. The molecule has 1 aromatic heterocycles. The normalized spacial score (nSPS) is 12.9. The number of imidazole rings is 1. The maximum absolute atomic E-state index is 4.49. The minimum absolute atomic E-state index is 0.571. The summed E-state index contributed by atoms with van der Waals surface area (Å²) in [6.07, 6.45) is 50.2. The standard InChI is InChI=1S/C44H78N2/c1-3-5-7-9-11-13-15-17-18-19-20-22-24-26-28-33-37-44(46-39-38-45-41-46)43(40-42-34-30-29-31-35-42)36-32-27-25-23-21-16-14-12-10-8-6-4-2/h29-31,34-35,38-39,41,43-44H,3-28,32-33,36-37,40H2,1-2H3. The molecule has 0 bridgehead atoms. The summed E-state index contributed by atoms with van der Waals surface area (Å²) in [6.45, 7) is 4.62. The van der Waals surface area contributed by atoms with Crippen LogP contribution < -0.4 is 0 Å². The van der Waals surface area contributed by atoms with Gasteiger partial charge in [0.1, 0.15) is 0 Å². The predicted molar refractivity (Wildman–Crippen MR) is 205 cm³/mol. The van der Waals surface area contributed by atoms with E-state index in [9.17, 15) is 0 Å². The molecule has 0 N–H and O–H groups in total. The number of hydrogen-bond donors (Lipinski definition) is 0. The molecule has 2 nitrogen and oxygen atoms in total. The number of benzene rings is 1. The van der Waals surface area contributed by atoms with Crippen molar-refractivity contribution in [2.45, 2.75) is 219 Å². The van der Waals surface area contributed by atoms with Crippen molar-refractivity contribution in [3.05, 3.63) is 54.6 Å². The molecule has 0 amide bonds.